The van der Waals surface area contributed by atoms with Crippen LogP contribution < -0.4 is 10.0 Å². The molecule has 2 rings (SSSR count). The quantitative estimate of drug-likeness (QED) is 0.843. The Bertz CT molecular complexity index is 817. The standard InChI is InChI=1S/C18H22N2O3S/c1-4-16(14-8-6-5-7-9-14)19-18(21)15-11-10-13(2)17(12-15)20-24(3,22)23/h5-12,16,20H,4H2,1-3H3,(H,19,21)/t16-/m1/s1. The van der Waals surface area contributed by atoms with Crippen molar-refractivity contribution in [3.63, 3.8) is 0 Å². The van der Waals surface area contributed by atoms with Gasteiger partial charge in [-0.05, 0) is 36.6 Å². The first-order chi connectivity index (χ1) is 11.3. The maximum Gasteiger partial charge on any atom is 0.251 e. The minimum Gasteiger partial charge on any atom is -0.345 e. The summed E-state index contributed by atoms with van der Waals surface area (Å²) < 4.78 is 25.3. The molecule has 0 aliphatic heterocycles. The zero-order valence-electron chi connectivity index (χ0n) is 14.0. The van der Waals surface area contributed by atoms with Crippen LogP contribution in [0.5, 0.6) is 0 Å². The molecule has 0 heterocycles. The van der Waals surface area contributed by atoms with Gasteiger partial charge < -0.3 is 5.32 Å². The number of hydrogen-bond donors (Lipinski definition) is 2. The maximum atomic E-state index is 12.5. The maximum absolute atomic E-state index is 12.5. The third-order valence-corrected chi connectivity index (χ3v) is 4.30. The van der Waals surface area contributed by atoms with E-state index in [2.05, 4.69) is 10.0 Å². The molecule has 2 aromatic carbocycles. The van der Waals surface area contributed by atoms with Crippen LogP contribution >= 0.6 is 0 Å². The molecule has 128 valence electrons. The second-order valence-electron chi connectivity index (χ2n) is 5.75. The number of sulfonamides is 1. The fourth-order valence-corrected chi connectivity index (χ4v) is 3.04. The highest BCUT2D eigenvalue weighted by Gasteiger charge is 2.15. The normalized spacial score (nSPS) is 12.5. The molecule has 2 N–H and O–H groups in total. The molecule has 0 spiro atoms. The van der Waals surface area contributed by atoms with Crippen LogP contribution in [0.2, 0.25) is 0 Å². The molecular formula is C18H22N2O3S. The van der Waals surface area contributed by atoms with E-state index in [1.807, 2.05) is 37.3 Å². The Kier molecular flexibility index (Phi) is 5.62. The van der Waals surface area contributed by atoms with E-state index in [1.54, 1.807) is 25.1 Å². The van der Waals surface area contributed by atoms with Gasteiger partial charge in [0.15, 0.2) is 0 Å². The number of hydrogen-bond acceptors (Lipinski definition) is 3. The van der Waals surface area contributed by atoms with Crippen molar-refractivity contribution >= 4 is 21.6 Å². The van der Waals surface area contributed by atoms with Crippen LogP contribution in [0.25, 0.3) is 0 Å². The van der Waals surface area contributed by atoms with Gasteiger partial charge in [0, 0.05) is 5.56 Å². The number of amides is 1. The van der Waals surface area contributed by atoms with Gasteiger partial charge >= 0.3 is 0 Å². The topological polar surface area (TPSA) is 75.3 Å². The van der Waals surface area contributed by atoms with Crippen molar-refractivity contribution in [1.82, 2.24) is 5.32 Å². The van der Waals surface area contributed by atoms with Crippen LogP contribution in [0.15, 0.2) is 48.5 Å². The van der Waals surface area contributed by atoms with Gasteiger partial charge in [0.1, 0.15) is 0 Å². The van der Waals surface area contributed by atoms with E-state index in [0.717, 1.165) is 23.8 Å². The second kappa shape index (κ2) is 7.49. The Labute approximate surface area is 143 Å². The van der Waals surface area contributed by atoms with E-state index < -0.39 is 10.0 Å². The van der Waals surface area contributed by atoms with Gasteiger partial charge in [-0.3, -0.25) is 9.52 Å². The Morgan fingerprint density at radius 2 is 1.79 bits per heavy atom. The van der Waals surface area contributed by atoms with Crippen LogP contribution in [-0.4, -0.2) is 20.6 Å². The number of anilines is 1. The van der Waals surface area contributed by atoms with Crippen molar-refractivity contribution in [3.8, 4) is 0 Å². The Balaban J connectivity index is 2.22. The van der Waals surface area contributed by atoms with Crippen LogP contribution in [0.4, 0.5) is 5.69 Å². The summed E-state index contributed by atoms with van der Waals surface area (Å²) in [4.78, 5) is 12.5. The van der Waals surface area contributed by atoms with Crippen LogP contribution in [0, 0.1) is 6.92 Å². The number of aryl methyl sites for hydroxylation is 1. The van der Waals surface area contributed by atoms with Crippen molar-refractivity contribution in [1.29, 1.82) is 0 Å². The molecule has 6 heteroatoms. The number of carbonyl (C=O) groups is 1. The summed E-state index contributed by atoms with van der Waals surface area (Å²) in [5.41, 5.74) is 2.63. The summed E-state index contributed by atoms with van der Waals surface area (Å²) in [6, 6.07) is 14.6. The predicted molar refractivity (Wildman–Crippen MR) is 96.6 cm³/mol. The molecule has 0 saturated carbocycles. The first-order valence-electron chi connectivity index (χ1n) is 7.74. The van der Waals surface area contributed by atoms with Gasteiger partial charge in [-0.25, -0.2) is 8.42 Å². The van der Waals surface area contributed by atoms with Gasteiger partial charge in [-0.1, -0.05) is 43.3 Å². The third kappa shape index (κ3) is 4.83. The first-order valence-corrected chi connectivity index (χ1v) is 9.63. The highest BCUT2D eigenvalue weighted by molar-refractivity contribution is 7.92. The zero-order valence-corrected chi connectivity index (χ0v) is 14.9. The summed E-state index contributed by atoms with van der Waals surface area (Å²) in [7, 11) is -3.39. The molecule has 0 fully saturated rings. The molecule has 0 radical (unpaired) electrons. The molecule has 0 aromatic heterocycles. The molecule has 1 amide bonds. The fourth-order valence-electron chi connectivity index (χ4n) is 2.42. The van der Waals surface area contributed by atoms with Crippen molar-refractivity contribution < 1.29 is 13.2 Å². The number of benzene rings is 2. The lowest BCUT2D eigenvalue weighted by atomic mass is 10.0. The van der Waals surface area contributed by atoms with E-state index in [4.69, 9.17) is 0 Å². The Hall–Kier alpha value is -2.34. The van der Waals surface area contributed by atoms with Gasteiger partial charge in [0.05, 0.1) is 18.0 Å². The van der Waals surface area contributed by atoms with Crippen molar-refractivity contribution in [2.24, 2.45) is 0 Å². The minimum absolute atomic E-state index is 0.0914. The summed E-state index contributed by atoms with van der Waals surface area (Å²) in [6.07, 6.45) is 1.85. The van der Waals surface area contributed by atoms with Crippen molar-refractivity contribution in [2.45, 2.75) is 26.3 Å². The van der Waals surface area contributed by atoms with Gasteiger partial charge in [0.25, 0.3) is 5.91 Å². The zero-order chi connectivity index (χ0) is 17.7. The Morgan fingerprint density at radius 3 is 2.38 bits per heavy atom. The smallest absolute Gasteiger partial charge is 0.251 e. The predicted octanol–water partition coefficient (Wildman–Crippen LogP) is 3.25. The number of carbonyl (C=O) groups excluding carboxylic acids is 1. The molecule has 0 bridgehead atoms. The largest absolute Gasteiger partial charge is 0.345 e. The molecule has 0 aliphatic rings. The third-order valence-electron chi connectivity index (χ3n) is 3.71. The van der Waals surface area contributed by atoms with E-state index in [-0.39, 0.29) is 11.9 Å². The summed E-state index contributed by atoms with van der Waals surface area (Å²) in [5, 5.41) is 2.99. The second-order valence-corrected chi connectivity index (χ2v) is 7.50. The number of nitrogens with one attached hydrogen (secondary N) is 2. The molecular weight excluding hydrogens is 324 g/mol. The fraction of sp³-hybridized carbons (Fsp3) is 0.278. The molecule has 0 saturated heterocycles. The lowest BCUT2D eigenvalue weighted by Crippen LogP contribution is -2.28. The highest BCUT2D eigenvalue weighted by Crippen LogP contribution is 2.20. The lowest BCUT2D eigenvalue weighted by molar-refractivity contribution is 0.0935. The van der Waals surface area contributed by atoms with E-state index in [1.165, 1.54) is 0 Å². The van der Waals surface area contributed by atoms with Crippen molar-refractivity contribution in [2.75, 3.05) is 11.0 Å². The van der Waals surface area contributed by atoms with E-state index in [9.17, 15) is 13.2 Å². The van der Waals surface area contributed by atoms with E-state index >= 15 is 0 Å². The SMILES string of the molecule is CC[C@@H](NC(=O)c1ccc(C)c(NS(C)(=O)=O)c1)c1ccccc1. The summed E-state index contributed by atoms with van der Waals surface area (Å²) in [5.74, 6) is -0.234. The lowest BCUT2D eigenvalue weighted by Gasteiger charge is -2.18. The molecule has 0 aliphatic carbocycles. The van der Waals surface area contributed by atoms with Gasteiger partial charge in [-0.15, -0.1) is 0 Å². The summed E-state index contributed by atoms with van der Waals surface area (Å²) >= 11 is 0. The molecule has 2 aromatic rings. The van der Waals surface area contributed by atoms with Crippen LogP contribution in [0.1, 0.15) is 40.9 Å². The molecule has 24 heavy (non-hydrogen) atoms. The van der Waals surface area contributed by atoms with Crippen LogP contribution in [0.3, 0.4) is 0 Å². The van der Waals surface area contributed by atoms with Crippen molar-refractivity contribution in [3.05, 3.63) is 65.2 Å². The molecule has 5 nitrogen and oxygen atoms in total. The summed E-state index contributed by atoms with van der Waals surface area (Å²) in [6.45, 7) is 3.79. The first kappa shape index (κ1) is 18.0. The molecule has 0 unspecified atom stereocenters. The highest BCUT2D eigenvalue weighted by atomic mass is 32.2. The minimum atomic E-state index is -3.39. The van der Waals surface area contributed by atoms with Crippen LogP contribution in [-0.2, 0) is 10.0 Å². The monoisotopic (exact) mass is 346 g/mol. The van der Waals surface area contributed by atoms with Gasteiger partial charge in [-0.2, -0.15) is 0 Å². The average Bonchev–Trinajstić information content (AvgIpc) is 2.54. The molecule has 1 atom stereocenters. The van der Waals surface area contributed by atoms with Gasteiger partial charge in [0.2, 0.25) is 10.0 Å². The van der Waals surface area contributed by atoms with E-state index in [0.29, 0.717) is 11.3 Å². The average molecular weight is 346 g/mol. The Morgan fingerprint density at radius 1 is 1.12 bits per heavy atom. The number of rotatable bonds is 6.